The molecule has 1 heterocycles. The van der Waals surface area contributed by atoms with Crippen molar-refractivity contribution in [2.45, 2.75) is 39.0 Å². The van der Waals surface area contributed by atoms with Crippen molar-refractivity contribution in [3.8, 4) is 5.75 Å². The molecule has 1 fully saturated rings. The normalized spacial score (nSPS) is 15.9. The fraction of sp³-hybridized carbons (Fsp3) is 0.625. The fourth-order valence-corrected chi connectivity index (χ4v) is 2.69. The van der Waals surface area contributed by atoms with Gasteiger partial charge in [0.25, 0.3) is 0 Å². The standard InChI is InChI=1S/C16H24N2O3/c1-14-7-8-15(18(19)20)16(13-14)21-12-6-5-11-17-9-3-2-4-10-17/h7-8,13H,2-6,9-12H2,1H3. The summed E-state index contributed by atoms with van der Waals surface area (Å²) in [6.45, 7) is 5.98. The number of rotatable bonds is 7. The molecule has 0 spiro atoms. The van der Waals surface area contributed by atoms with Gasteiger partial charge in [0.1, 0.15) is 0 Å². The molecule has 0 radical (unpaired) electrons. The Morgan fingerprint density at radius 2 is 2.00 bits per heavy atom. The molecule has 21 heavy (non-hydrogen) atoms. The van der Waals surface area contributed by atoms with Crippen molar-refractivity contribution in [3.05, 3.63) is 33.9 Å². The van der Waals surface area contributed by atoms with E-state index >= 15 is 0 Å². The van der Waals surface area contributed by atoms with Crippen molar-refractivity contribution in [2.24, 2.45) is 0 Å². The summed E-state index contributed by atoms with van der Waals surface area (Å²) in [5.41, 5.74) is 1.03. The average Bonchev–Trinajstić information content (AvgIpc) is 2.48. The van der Waals surface area contributed by atoms with Gasteiger partial charge in [0.05, 0.1) is 11.5 Å². The number of nitrogens with zero attached hydrogens (tertiary/aromatic N) is 2. The van der Waals surface area contributed by atoms with Crippen LogP contribution >= 0.6 is 0 Å². The van der Waals surface area contributed by atoms with Gasteiger partial charge in [-0.05, 0) is 63.9 Å². The molecule has 5 nitrogen and oxygen atoms in total. The van der Waals surface area contributed by atoms with Crippen LogP contribution in [0.3, 0.4) is 0 Å². The Morgan fingerprint density at radius 1 is 1.24 bits per heavy atom. The molecule has 0 unspecified atom stereocenters. The highest BCUT2D eigenvalue weighted by Gasteiger charge is 2.14. The number of nitro benzene ring substituents is 1. The maximum absolute atomic E-state index is 10.9. The van der Waals surface area contributed by atoms with Crippen LogP contribution in [0.1, 0.15) is 37.7 Å². The predicted octanol–water partition coefficient (Wildman–Crippen LogP) is 3.55. The van der Waals surface area contributed by atoms with Gasteiger partial charge < -0.3 is 9.64 Å². The molecule has 1 aromatic rings. The van der Waals surface area contributed by atoms with E-state index in [0.29, 0.717) is 12.4 Å². The van der Waals surface area contributed by atoms with Crippen LogP contribution in [0.5, 0.6) is 5.75 Å². The third-order valence-corrected chi connectivity index (χ3v) is 3.89. The van der Waals surface area contributed by atoms with Crippen LogP contribution < -0.4 is 4.74 Å². The molecule has 1 aliphatic heterocycles. The summed E-state index contributed by atoms with van der Waals surface area (Å²) in [5.74, 6) is 0.387. The molecule has 1 saturated heterocycles. The average molecular weight is 292 g/mol. The van der Waals surface area contributed by atoms with E-state index in [1.54, 1.807) is 12.1 Å². The van der Waals surface area contributed by atoms with Gasteiger partial charge in [0.2, 0.25) is 0 Å². The van der Waals surface area contributed by atoms with Crippen molar-refractivity contribution in [1.82, 2.24) is 4.90 Å². The highest BCUT2D eigenvalue weighted by atomic mass is 16.6. The Labute approximate surface area is 126 Å². The number of piperidine rings is 1. The summed E-state index contributed by atoms with van der Waals surface area (Å²) in [6.07, 6.45) is 6.00. The smallest absolute Gasteiger partial charge is 0.310 e. The Morgan fingerprint density at radius 3 is 2.71 bits per heavy atom. The highest BCUT2D eigenvalue weighted by molar-refractivity contribution is 5.48. The Hall–Kier alpha value is -1.62. The maximum Gasteiger partial charge on any atom is 0.310 e. The SMILES string of the molecule is Cc1ccc([N+](=O)[O-])c(OCCCCN2CCCCC2)c1. The quantitative estimate of drug-likeness (QED) is 0.438. The minimum Gasteiger partial charge on any atom is -0.487 e. The molecule has 0 amide bonds. The van der Waals surface area contributed by atoms with Crippen molar-refractivity contribution in [2.75, 3.05) is 26.2 Å². The fourth-order valence-electron chi connectivity index (χ4n) is 2.69. The van der Waals surface area contributed by atoms with Gasteiger partial charge in [-0.3, -0.25) is 10.1 Å². The number of hydrogen-bond donors (Lipinski definition) is 0. The molecular formula is C16H24N2O3. The first-order valence-electron chi connectivity index (χ1n) is 7.77. The van der Waals surface area contributed by atoms with Crippen LogP contribution in [0.25, 0.3) is 0 Å². The molecule has 5 heteroatoms. The van der Waals surface area contributed by atoms with Gasteiger partial charge in [-0.2, -0.15) is 0 Å². The van der Waals surface area contributed by atoms with Crippen LogP contribution in [0.15, 0.2) is 18.2 Å². The number of hydrogen-bond acceptors (Lipinski definition) is 4. The molecule has 0 N–H and O–H groups in total. The zero-order chi connectivity index (χ0) is 15.1. The van der Waals surface area contributed by atoms with Crippen molar-refractivity contribution < 1.29 is 9.66 Å². The number of ether oxygens (including phenoxy) is 1. The predicted molar refractivity (Wildman–Crippen MR) is 82.9 cm³/mol. The summed E-state index contributed by atoms with van der Waals surface area (Å²) >= 11 is 0. The van der Waals surface area contributed by atoms with E-state index < -0.39 is 0 Å². The van der Waals surface area contributed by atoms with E-state index in [-0.39, 0.29) is 10.6 Å². The van der Waals surface area contributed by atoms with Crippen LogP contribution in [0.2, 0.25) is 0 Å². The van der Waals surface area contributed by atoms with Crippen molar-refractivity contribution in [3.63, 3.8) is 0 Å². The molecule has 1 aromatic carbocycles. The molecule has 0 bridgehead atoms. The van der Waals surface area contributed by atoms with Crippen molar-refractivity contribution >= 4 is 5.69 Å². The first-order chi connectivity index (χ1) is 10.2. The number of nitro groups is 1. The minimum atomic E-state index is -0.386. The van der Waals surface area contributed by atoms with Gasteiger partial charge in [-0.15, -0.1) is 0 Å². The van der Waals surface area contributed by atoms with Gasteiger partial charge in [0.15, 0.2) is 5.75 Å². The number of likely N-dealkylation sites (tertiary alicyclic amines) is 1. The van der Waals surface area contributed by atoms with Crippen LogP contribution in [-0.4, -0.2) is 36.1 Å². The second-order valence-corrected chi connectivity index (χ2v) is 5.69. The second kappa shape index (κ2) is 7.98. The van der Waals surface area contributed by atoms with Gasteiger partial charge >= 0.3 is 5.69 Å². The molecular weight excluding hydrogens is 268 g/mol. The molecule has 0 aliphatic carbocycles. The van der Waals surface area contributed by atoms with E-state index in [2.05, 4.69) is 4.90 Å². The molecule has 2 rings (SSSR count). The highest BCUT2D eigenvalue weighted by Crippen LogP contribution is 2.27. The van der Waals surface area contributed by atoms with Crippen LogP contribution in [0, 0.1) is 17.0 Å². The second-order valence-electron chi connectivity index (χ2n) is 5.69. The lowest BCUT2D eigenvalue weighted by molar-refractivity contribution is -0.385. The number of benzene rings is 1. The summed E-state index contributed by atoms with van der Waals surface area (Å²) in [6, 6.07) is 4.99. The number of aryl methyl sites for hydroxylation is 1. The molecule has 0 atom stereocenters. The Bertz CT molecular complexity index is 471. The topological polar surface area (TPSA) is 55.6 Å². The molecule has 116 valence electrons. The zero-order valence-corrected chi connectivity index (χ0v) is 12.7. The monoisotopic (exact) mass is 292 g/mol. The summed E-state index contributed by atoms with van der Waals surface area (Å²) in [5, 5.41) is 10.9. The molecule has 0 aromatic heterocycles. The molecule has 1 aliphatic rings. The Balaban J connectivity index is 1.73. The van der Waals surface area contributed by atoms with E-state index in [9.17, 15) is 10.1 Å². The lowest BCUT2D eigenvalue weighted by atomic mass is 10.1. The van der Waals surface area contributed by atoms with E-state index in [4.69, 9.17) is 4.74 Å². The maximum atomic E-state index is 10.9. The molecule has 0 saturated carbocycles. The lowest BCUT2D eigenvalue weighted by Crippen LogP contribution is -2.30. The van der Waals surface area contributed by atoms with Gasteiger partial charge in [0, 0.05) is 6.07 Å². The van der Waals surface area contributed by atoms with Crippen LogP contribution in [-0.2, 0) is 0 Å². The third-order valence-electron chi connectivity index (χ3n) is 3.89. The Kier molecular flexibility index (Phi) is 5.99. The van der Waals surface area contributed by atoms with Gasteiger partial charge in [-0.1, -0.05) is 12.5 Å². The van der Waals surface area contributed by atoms with E-state index in [0.717, 1.165) is 24.9 Å². The summed E-state index contributed by atoms with van der Waals surface area (Å²) < 4.78 is 5.61. The van der Waals surface area contributed by atoms with E-state index in [1.165, 1.54) is 38.4 Å². The van der Waals surface area contributed by atoms with Gasteiger partial charge in [-0.25, -0.2) is 0 Å². The third kappa shape index (κ3) is 5.01. The number of unbranched alkanes of at least 4 members (excludes halogenated alkanes) is 1. The zero-order valence-electron chi connectivity index (χ0n) is 12.7. The lowest BCUT2D eigenvalue weighted by Gasteiger charge is -2.26. The summed E-state index contributed by atoms with van der Waals surface area (Å²) in [7, 11) is 0. The van der Waals surface area contributed by atoms with E-state index in [1.807, 2.05) is 6.92 Å². The first-order valence-corrected chi connectivity index (χ1v) is 7.77. The first kappa shape index (κ1) is 15.8. The van der Waals surface area contributed by atoms with Crippen LogP contribution in [0.4, 0.5) is 5.69 Å². The van der Waals surface area contributed by atoms with Crippen molar-refractivity contribution in [1.29, 1.82) is 0 Å². The largest absolute Gasteiger partial charge is 0.487 e. The minimum absolute atomic E-state index is 0.0524. The summed E-state index contributed by atoms with van der Waals surface area (Å²) in [4.78, 5) is 13.1.